The number of nitrogens with one attached hydrogen (secondary N) is 3. The minimum Gasteiger partial charge on any atom is -0.383 e. The van der Waals surface area contributed by atoms with E-state index in [9.17, 15) is 9.59 Å². The number of anilines is 1. The summed E-state index contributed by atoms with van der Waals surface area (Å²) in [6.07, 6.45) is 6.79. The molecule has 2 aliphatic heterocycles. The average molecular weight is 550 g/mol. The predicted octanol–water partition coefficient (Wildman–Crippen LogP) is 3.81. The number of fused-ring (bicyclic) bond motifs is 1. The van der Waals surface area contributed by atoms with Gasteiger partial charge in [-0.25, -0.2) is 0 Å². The minimum atomic E-state index is -0.479. The van der Waals surface area contributed by atoms with Gasteiger partial charge in [-0.15, -0.1) is 11.8 Å². The number of amides is 2. The summed E-state index contributed by atoms with van der Waals surface area (Å²) in [6.45, 7) is 6.69. The molecule has 4 atom stereocenters. The zero-order valence-electron chi connectivity index (χ0n) is 23.3. The first-order chi connectivity index (χ1) is 19.1. The number of nitrogens with zero attached hydrogens (tertiary/aromatic N) is 2. The maximum absolute atomic E-state index is 13.5. The van der Waals surface area contributed by atoms with E-state index in [1.807, 2.05) is 24.9 Å². The molecule has 7 nitrogen and oxygen atoms in total. The van der Waals surface area contributed by atoms with Gasteiger partial charge < -0.3 is 25.8 Å². The van der Waals surface area contributed by atoms with Crippen LogP contribution in [-0.2, 0) is 22.4 Å². The predicted molar refractivity (Wildman–Crippen MR) is 160 cm³/mol. The Balaban J connectivity index is 1.17. The van der Waals surface area contributed by atoms with Crippen LogP contribution >= 0.6 is 11.8 Å². The van der Waals surface area contributed by atoms with Crippen LogP contribution in [0.3, 0.4) is 0 Å². The van der Waals surface area contributed by atoms with Gasteiger partial charge >= 0.3 is 0 Å². The zero-order chi connectivity index (χ0) is 27.2. The lowest BCUT2D eigenvalue weighted by molar-refractivity contribution is -0.131. The van der Waals surface area contributed by atoms with Gasteiger partial charge in [0.2, 0.25) is 11.8 Å². The molecule has 2 aromatic rings. The van der Waals surface area contributed by atoms with Crippen LogP contribution < -0.4 is 16.0 Å². The van der Waals surface area contributed by atoms with Gasteiger partial charge in [-0.05, 0) is 94.4 Å². The Bertz CT molecular complexity index is 1120. The number of carbonyl (C=O) groups is 2. The van der Waals surface area contributed by atoms with E-state index in [2.05, 4.69) is 63.3 Å². The highest BCUT2D eigenvalue weighted by Gasteiger charge is 2.45. The molecule has 210 valence electrons. The van der Waals surface area contributed by atoms with Crippen molar-refractivity contribution >= 4 is 29.3 Å². The largest absolute Gasteiger partial charge is 0.383 e. The van der Waals surface area contributed by atoms with Crippen molar-refractivity contribution in [2.24, 2.45) is 0 Å². The fourth-order valence-corrected chi connectivity index (χ4v) is 7.79. The smallest absolute Gasteiger partial charge is 0.240 e. The Hall–Kier alpha value is -2.55. The van der Waals surface area contributed by atoms with E-state index in [0.717, 1.165) is 37.9 Å². The Labute approximate surface area is 237 Å². The first-order valence-corrected chi connectivity index (χ1v) is 15.6. The molecule has 2 fully saturated rings. The van der Waals surface area contributed by atoms with Gasteiger partial charge in [0.15, 0.2) is 0 Å². The molecule has 0 spiro atoms. The molecule has 0 aromatic heterocycles. The standard InChI is InChI=1S/C31H43N5O2S/c1-3-36-30(38)27(21-33-24-15-13-22(14-16-24)17-20-35-18-6-7-19-35)39-31(36)28(32-2)29(37)34-26-12-8-10-23-9-4-5-11-25(23)26/h4-5,9,11,13-16,26-28,31-33H,3,6-8,10,12,17-21H2,1-2H3,(H,34,37)/t26?,27-,28-,31?/m1/s1. The lowest BCUT2D eigenvalue weighted by atomic mass is 9.87. The number of aryl methyl sites for hydroxylation is 1. The van der Waals surface area contributed by atoms with Gasteiger partial charge in [0.1, 0.15) is 16.7 Å². The third-order valence-electron chi connectivity index (χ3n) is 8.44. The molecular formula is C31H43N5O2S. The summed E-state index contributed by atoms with van der Waals surface area (Å²) in [4.78, 5) is 31.2. The van der Waals surface area contributed by atoms with Crippen molar-refractivity contribution in [2.45, 2.75) is 68.2 Å². The molecule has 5 rings (SSSR count). The Morgan fingerprint density at radius 1 is 1.08 bits per heavy atom. The molecule has 3 aliphatic rings. The van der Waals surface area contributed by atoms with Crippen LogP contribution in [0.25, 0.3) is 0 Å². The summed E-state index contributed by atoms with van der Waals surface area (Å²) >= 11 is 1.59. The number of benzene rings is 2. The quantitative estimate of drug-likeness (QED) is 0.396. The van der Waals surface area contributed by atoms with Crippen molar-refractivity contribution in [3.63, 3.8) is 0 Å². The summed E-state index contributed by atoms with van der Waals surface area (Å²) < 4.78 is 0. The highest BCUT2D eigenvalue weighted by atomic mass is 32.2. The van der Waals surface area contributed by atoms with Crippen LogP contribution in [0.2, 0.25) is 0 Å². The van der Waals surface area contributed by atoms with Crippen molar-refractivity contribution in [2.75, 3.05) is 45.1 Å². The van der Waals surface area contributed by atoms with Crippen LogP contribution in [0.4, 0.5) is 5.69 Å². The number of thioether (sulfide) groups is 1. The topological polar surface area (TPSA) is 76.7 Å². The van der Waals surface area contributed by atoms with E-state index in [1.165, 1.54) is 42.6 Å². The molecule has 0 bridgehead atoms. The molecule has 2 aromatic carbocycles. The second-order valence-corrected chi connectivity index (χ2v) is 12.3. The van der Waals surface area contributed by atoms with Gasteiger partial charge in [0, 0.05) is 25.3 Å². The SMILES string of the molecule is CCN1C(=O)[C@@H](CNc2ccc(CCN3CCCC3)cc2)SC1[C@H](NC)C(=O)NC1CCCc2ccccc21. The van der Waals surface area contributed by atoms with Gasteiger partial charge in [0.05, 0.1) is 6.04 Å². The third kappa shape index (κ3) is 6.61. The summed E-state index contributed by atoms with van der Waals surface area (Å²) in [5.41, 5.74) is 4.91. The lowest BCUT2D eigenvalue weighted by Gasteiger charge is -2.32. The summed E-state index contributed by atoms with van der Waals surface area (Å²) in [5.74, 6) is 0.0550. The molecule has 0 radical (unpaired) electrons. The van der Waals surface area contributed by atoms with Crippen LogP contribution in [0.1, 0.15) is 55.3 Å². The van der Waals surface area contributed by atoms with Gasteiger partial charge in [-0.1, -0.05) is 36.4 Å². The third-order valence-corrected chi connectivity index (χ3v) is 9.94. The summed E-state index contributed by atoms with van der Waals surface area (Å²) in [7, 11) is 1.81. The van der Waals surface area contributed by atoms with E-state index >= 15 is 0 Å². The van der Waals surface area contributed by atoms with Crippen molar-refractivity contribution in [3.8, 4) is 0 Å². The normalized spacial score (nSPS) is 24.0. The van der Waals surface area contributed by atoms with Crippen molar-refractivity contribution in [1.29, 1.82) is 0 Å². The average Bonchev–Trinajstić information content (AvgIpc) is 3.59. The second-order valence-electron chi connectivity index (χ2n) is 10.9. The van der Waals surface area contributed by atoms with E-state index < -0.39 is 6.04 Å². The fraction of sp³-hybridized carbons (Fsp3) is 0.548. The number of rotatable bonds is 11. The minimum absolute atomic E-state index is 0.0197. The molecule has 2 saturated heterocycles. The molecule has 3 N–H and O–H groups in total. The highest BCUT2D eigenvalue weighted by molar-refractivity contribution is 8.01. The Kier molecular flexibility index (Phi) is 9.48. The Morgan fingerprint density at radius 2 is 1.85 bits per heavy atom. The number of hydrogen-bond acceptors (Lipinski definition) is 6. The van der Waals surface area contributed by atoms with Gasteiger partial charge in [0.25, 0.3) is 0 Å². The number of likely N-dealkylation sites (tertiary alicyclic amines) is 1. The fourth-order valence-electron chi connectivity index (χ4n) is 6.20. The highest BCUT2D eigenvalue weighted by Crippen LogP contribution is 2.35. The molecule has 0 saturated carbocycles. The van der Waals surface area contributed by atoms with E-state index in [-0.39, 0.29) is 28.5 Å². The van der Waals surface area contributed by atoms with Crippen LogP contribution in [0, 0.1) is 0 Å². The monoisotopic (exact) mass is 549 g/mol. The molecular weight excluding hydrogens is 506 g/mol. The van der Waals surface area contributed by atoms with E-state index in [0.29, 0.717) is 13.1 Å². The van der Waals surface area contributed by atoms with Crippen LogP contribution in [-0.4, -0.2) is 78.1 Å². The zero-order valence-corrected chi connectivity index (χ0v) is 24.1. The van der Waals surface area contributed by atoms with Gasteiger partial charge in [-0.3, -0.25) is 9.59 Å². The Morgan fingerprint density at radius 3 is 2.59 bits per heavy atom. The van der Waals surface area contributed by atoms with E-state index in [1.54, 1.807) is 11.8 Å². The lowest BCUT2D eigenvalue weighted by Crippen LogP contribution is -2.54. The second kappa shape index (κ2) is 13.2. The van der Waals surface area contributed by atoms with E-state index in [4.69, 9.17) is 0 Å². The maximum atomic E-state index is 13.5. The summed E-state index contributed by atoms with van der Waals surface area (Å²) in [6, 6.07) is 16.5. The molecule has 8 heteroatoms. The van der Waals surface area contributed by atoms with Crippen molar-refractivity contribution in [1.82, 2.24) is 20.4 Å². The first kappa shape index (κ1) is 28.0. The molecule has 2 amide bonds. The molecule has 2 unspecified atom stereocenters. The van der Waals surface area contributed by atoms with Crippen molar-refractivity contribution in [3.05, 3.63) is 65.2 Å². The number of likely N-dealkylation sites (N-methyl/N-ethyl adjacent to an activating group) is 2. The summed E-state index contributed by atoms with van der Waals surface area (Å²) in [5, 5.41) is 9.51. The van der Waals surface area contributed by atoms with Gasteiger partial charge in [-0.2, -0.15) is 0 Å². The molecule has 2 heterocycles. The first-order valence-electron chi connectivity index (χ1n) is 14.6. The van der Waals surface area contributed by atoms with Crippen LogP contribution in [0.15, 0.2) is 48.5 Å². The molecule has 1 aliphatic carbocycles. The van der Waals surface area contributed by atoms with Crippen LogP contribution in [0.5, 0.6) is 0 Å². The number of carbonyl (C=O) groups excluding carboxylic acids is 2. The number of hydrogen-bond donors (Lipinski definition) is 3. The molecule has 39 heavy (non-hydrogen) atoms. The maximum Gasteiger partial charge on any atom is 0.240 e. The van der Waals surface area contributed by atoms with Crippen molar-refractivity contribution < 1.29 is 9.59 Å².